The molecule has 0 saturated carbocycles. The molecular formula is C20H34N2O4. The molecule has 3 rings (SSSR count). The van der Waals surface area contributed by atoms with E-state index in [9.17, 15) is 5.11 Å². The third kappa shape index (κ3) is 5.50. The number of rotatable bonds is 4. The SMILES string of the molecule is C1CCNCC1.COc1cc(OC)c(C2CCN(C)CC2O)c(OC)c1. The average molecular weight is 367 g/mol. The number of benzene rings is 1. The monoisotopic (exact) mass is 366 g/mol. The lowest BCUT2D eigenvalue weighted by Gasteiger charge is -2.35. The molecule has 26 heavy (non-hydrogen) atoms. The number of aliphatic hydroxyl groups is 1. The van der Waals surface area contributed by atoms with Crippen LogP contribution in [0.3, 0.4) is 0 Å². The molecule has 1 aromatic rings. The Bertz CT molecular complexity index is 512. The summed E-state index contributed by atoms with van der Waals surface area (Å²) >= 11 is 0. The highest BCUT2D eigenvalue weighted by molar-refractivity contribution is 5.53. The van der Waals surface area contributed by atoms with E-state index in [-0.39, 0.29) is 5.92 Å². The van der Waals surface area contributed by atoms with Crippen LogP contribution in [0.2, 0.25) is 0 Å². The third-order valence-corrected chi connectivity index (χ3v) is 5.12. The van der Waals surface area contributed by atoms with Crippen molar-refractivity contribution in [3.8, 4) is 17.2 Å². The molecule has 2 heterocycles. The highest BCUT2D eigenvalue weighted by Gasteiger charge is 2.32. The van der Waals surface area contributed by atoms with Gasteiger partial charge in [0, 0.05) is 30.2 Å². The van der Waals surface area contributed by atoms with Crippen LogP contribution < -0.4 is 19.5 Å². The topological polar surface area (TPSA) is 63.2 Å². The number of methoxy groups -OCH3 is 3. The van der Waals surface area contributed by atoms with E-state index in [1.165, 1.54) is 32.4 Å². The molecule has 148 valence electrons. The third-order valence-electron chi connectivity index (χ3n) is 5.12. The molecule has 6 nitrogen and oxygen atoms in total. The van der Waals surface area contributed by atoms with Crippen molar-refractivity contribution in [2.45, 2.75) is 37.7 Å². The highest BCUT2D eigenvalue weighted by atomic mass is 16.5. The van der Waals surface area contributed by atoms with Crippen molar-refractivity contribution < 1.29 is 19.3 Å². The van der Waals surface area contributed by atoms with Crippen LogP contribution >= 0.6 is 0 Å². The zero-order chi connectivity index (χ0) is 18.9. The molecule has 2 aliphatic heterocycles. The quantitative estimate of drug-likeness (QED) is 0.852. The van der Waals surface area contributed by atoms with Crippen LogP contribution in [0.4, 0.5) is 0 Å². The van der Waals surface area contributed by atoms with Crippen molar-refractivity contribution in [3.63, 3.8) is 0 Å². The van der Waals surface area contributed by atoms with Gasteiger partial charge in [0.2, 0.25) is 0 Å². The van der Waals surface area contributed by atoms with Crippen LogP contribution in [-0.4, -0.2) is 70.7 Å². The molecular weight excluding hydrogens is 332 g/mol. The maximum atomic E-state index is 10.4. The largest absolute Gasteiger partial charge is 0.496 e. The molecule has 2 atom stereocenters. The van der Waals surface area contributed by atoms with Gasteiger partial charge in [0.15, 0.2) is 0 Å². The maximum absolute atomic E-state index is 10.4. The summed E-state index contributed by atoms with van der Waals surface area (Å²) in [5, 5.41) is 13.7. The van der Waals surface area contributed by atoms with Gasteiger partial charge >= 0.3 is 0 Å². The molecule has 2 fully saturated rings. The zero-order valence-corrected chi connectivity index (χ0v) is 16.6. The predicted octanol–water partition coefficient (Wildman–Crippen LogP) is 2.25. The fourth-order valence-electron chi connectivity index (χ4n) is 3.63. The van der Waals surface area contributed by atoms with Crippen LogP contribution in [0.1, 0.15) is 37.2 Å². The Hall–Kier alpha value is -1.50. The number of likely N-dealkylation sites (tertiary alicyclic amines) is 1. The Morgan fingerprint density at radius 2 is 1.62 bits per heavy atom. The van der Waals surface area contributed by atoms with E-state index in [2.05, 4.69) is 10.2 Å². The van der Waals surface area contributed by atoms with Crippen LogP contribution in [0.25, 0.3) is 0 Å². The van der Waals surface area contributed by atoms with Gasteiger partial charge in [-0.15, -0.1) is 0 Å². The van der Waals surface area contributed by atoms with Crippen molar-refractivity contribution in [2.75, 3.05) is 54.6 Å². The standard InChI is InChI=1S/C15H23NO4.C5H11N/c1-16-6-5-11(12(17)9-16)15-13(19-3)7-10(18-2)8-14(15)20-4;1-2-4-6-5-3-1/h7-8,11-12,17H,5-6,9H2,1-4H3;6H,1-5H2. The first-order valence-electron chi connectivity index (χ1n) is 9.48. The van der Waals surface area contributed by atoms with Crippen LogP contribution in [0, 0.1) is 0 Å². The minimum atomic E-state index is -0.426. The Morgan fingerprint density at radius 1 is 1.00 bits per heavy atom. The van der Waals surface area contributed by atoms with Gasteiger partial charge in [0.05, 0.1) is 27.4 Å². The molecule has 0 amide bonds. The van der Waals surface area contributed by atoms with E-state index in [0.29, 0.717) is 23.8 Å². The Morgan fingerprint density at radius 3 is 2.00 bits per heavy atom. The van der Waals surface area contributed by atoms with E-state index in [0.717, 1.165) is 18.5 Å². The summed E-state index contributed by atoms with van der Waals surface area (Å²) in [6.07, 6.45) is 4.66. The second-order valence-electron chi connectivity index (χ2n) is 6.98. The number of likely N-dealkylation sites (N-methyl/N-ethyl adjacent to an activating group) is 1. The van der Waals surface area contributed by atoms with Crippen molar-refractivity contribution in [1.29, 1.82) is 0 Å². The van der Waals surface area contributed by atoms with Gasteiger partial charge in [-0.3, -0.25) is 0 Å². The van der Waals surface area contributed by atoms with Gasteiger partial charge in [-0.25, -0.2) is 0 Å². The Kier molecular flexibility index (Phi) is 8.48. The lowest BCUT2D eigenvalue weighted by molar-refractivity contribution is 0.0619. The first kappa shape index (κ1) is 20.8. The first-order valence-corrected chi connectivity index (χ1v) is 9.48. The lowest BCUT2D eigenvalue weighted by Crippen LogP contribution is -2.40. The average Bonchev–Trinajstić information content (AvgIpc) is 2.69. The predicted molar refractivity (Wildman–Crippen MR) is 104 cm³/mol. The van der Waals surface area contributed by atoms with Crippen LogP contribution in [0.5, 0.6) is 17.2 Å². The number of nitrogens with one attached hydrogen (secondary N) is 1. The molecule has 0 bridgehead atoms. The van der Waals surface area contributed by atoms with Crippen molar-refractivity contribution in [3.05, 3.63) is 17.7 Å². The van der Waals surface area contributed by atoms with Gasteiger partial charge in [-0.05, 0) is 45.9 Å². The van der Waals surface area contributed by atoms with E-state index < -0.39 is 6.10 Å². The number of β-amino-alcohol motifs (C(OH)–C–C–N with tert-alkyl or cyclic N) is 1. The summed E-state index contributed by atoms with van der Waals surface area (Å²) < 4.78 is 16.2. The minimum Gasteiger partial charge on any atom is -0.496 e. The first-order chi connectivity index (χ1) is 12.6. The molecule has 2 saturated heterocycles. The molecule has 2 unspecified atom stereocenters. The zero-order valence-electron chi connectivity index (χ0n) is 16.6. The number of aliphatic hydroxyl groups excluding tert-OH is 1. The Labute approximate surface area is 157 Å². The summed E-state index contributed by atoms with van der Waals surface area (Å²) in [4.78, 5) is 2.13. The van der Waals surface area contributed by atoms with Crippen LogP contribution in [-0.2, 0) is 0 Å². The van der Waals surface area contributed by atoms with Crippen molar-refractivity contribution in [1.82, 2.24) is 10.2 Å². The number of piperidine rings is 2. The van der Waals surface area contributed by atoms with Gasteiger partial charge in [0.1, 0.15) is 17.2 Å². The second kappa shape index (κ2) is 10.6. The summed E-state index contributed by atoms with van der Waals surface area (Å²) in [6.45, 7) is 4.10. The minimum absolute atomic E-state index is 0.0157. The van der Waals surface area contributed by atoms with Gasteiger partial charge in [-0.2, -0.15) is 0 Å². The number of hydrogen-bond donors (Lipinski definition) is 2. The number of hydrogen-bond acceptors (Lipinski definition) is 6. The molecule has 0 aliphatic carbocycles. The Balaban J connectivity index is 0.000000342. The number of nitrogens with zero attached hydrogens (tertiary/aromatic N) is 1. The van der Waals surface area contributed by atoms with E-state index in [1.54, 1.807) is 21.3 Å². The molecule has 0 radical (unpaired) electrons. The molecule has 2 aliphatic rings. The van der Waals surface area contributed by atoms with E-state index >= 15 is 0 Å². The molecule has 6 heteroatoms. The maximum Gasteiger partial charge on any atom is 0.129 e. The summed E-state index contributed by atoms with van der Waals surface area (Å²) in [5.74, 6) is 2.11. The fourth-order valence-corrected chi connectivity index (χ4v) is 3.63. The van der Waals surface area contributed by atoms with Crippen molar-refractivity contribution >= 4 is 0 Å². The summed E-state index contributed by atoms with van der Waals surface area (Å²) in [5.41, 5.74) is 0.927. The highest BCUT2D eigenvalue weighted by Crippen LogP contribution is 2.42. The lowest BCUT2D eigenvalue weighted by atomic mass is 9.86. The normalized spacial score (nSPS) is 23.6. The van der Waals surface area contributed by atoms with Crippen LogP contribution in [0.15, 0.2) is 12.1 Å². The van der Waals surface area contributed by atoms with E-state index in [4.69, 9.17) is 14.2 Å². The van der Waals surface area contributed by atoms with Gasteiger partial charge in [-0.1, -0.05) is 6.42 Å². The smallest absolute Gasteiger partial charge is 0.129 e. The molecule has 1 aromatic carbocycles. The molecule has 2 N–H and O–H groups in total. The molecule has 0 spiro atoms. The summed E-state index contributed by atoms with van der Waals surface area (Å²) in [7, 11) is 6.87. The summed E-state index contributed by atoms with van der Waals surface area (Å²) in [6, 6.07) is 3.67. The number of ether oxygens (including phenoxy) is 3. The molecule has 0 aromatic heterocycles. The second-order valence-corrected chi connectivity index (χ2v) is 6.98. The van der Waals surface area contributed by atoms with Crippen molar-refractivity contribution in [2.24, 2.45) is 0 Å². The van der Waals surface area contributed by atoms with Gasteiger partial charge in [0.25, 0.3) is 0 Å². The van der Waals surface area contributed by atoms with E-state index in [1.807, 2.05) is 19.2 Å². The fraction of sp³-hybridized carbons (Fsp3) is 0.700. The van der Waals surface area contributed by atoms with Gasteiger partial charge < -0.3 is 29.5 Å².